The first-order chi connectivity index (χ1) is 6.65. The van der Waals surface area contributed by atoms with Crippen molar-refractivity contribution in [1.29, 1.82) is 0 Å². The molecule has 0 heterocycles. The molecule has 14 heavy (non-hydrogen) atoms. The first kappa shape index (κ1) is 10.7. The number of hydrogen-bond donors (Lipinski definition) is 1. The van der Waals surface area contributed by atoms with Gasteiger partial charge >= 0.3 is 5.97 Å². The number of methoxy groups -OCH3 is 1. The van der Waals surface area contributed by atoms with Crippen LogP contribution in [0.1, 0.15) is 18.0 Å². The molecule has 0 aliphatic heterocycles. The van der Waals surface area contributed by atoms with Crippen molar-refractivity contribution < 1.29 is 19.7 Å². The summed E-state index contributed by atoms with van der Waals surface area (Å²) in [7, 11) is 1.30. The smallest absolute Gasteiger partial charge is 0.311 e. The molecule has 3 nitrogen and oxygen atoms in total. The molecular formula is C10H13FNO2+. The van der Waals surface area contributed by atoms with Gasteiger partial charge in [0, 0.05) is 5.56 Å². The number of quaternary nitrogens is 1. The van der Waals surface area contributed by atoms with Crippen molar-refractivity contribution in [2.75, 3.05) is 7.11 Å². The van der Waals surface area contributed by atoms with Gasteiger partial charge in [-0.1, -0.05) is 18.2 Å². The van der Waals surface area contributed by atoms with Gasteiger partial charge in [-0.05, 0) is 6.07 Å². The second kappa shape index (κ2) is 4.72. The molecule has 1 aromatic carbocycles. The summed E-state index contributed by atoms with van der Waals surface area (Å²) in [6.45, 7) is 0. The van der Waals surface area contributed by atoms with Gasteiger partial charge in [0.15, 0.2) is 0 Å². The molecule has 0 fully saturated rings. The molecule has 0 radical (unpaired) electrons. The number of carbonyl (C=O) groups excluding carboxylic acids is 1. The molecule has 1 aromatic rings. The van der Waals surface area contributed by atoms with E-state index in [1.807, 2.05) is 0 Å². The quantitative estimate of drug-likeness (QED) is 0.726. The molecule has 0 saturated heterocycles. The Kier molecular flexibility index (Phi) is 3.59. The van der Waals surface area contributed by atoms with E-state index in [1.54, 1.807) is 18.2 Å². The molecule has 0 aromatic heterocycles. The van der Waals surface area contributed by atoms with Crippen LogP contribution in [-0.4, -0.2) is 13.1 Å². The fraction of sp³-hybridized carbons (Fsp3) is 0.300. The number of hydrogen-bond acceptors (Lipinski definition) is 2. The van der Waals surface area contributed by atoms with E-state index in [9.17, 15) is 9.18 Å². The predicted molar refractivity (Wildman–Crippen MR) is 48.7 cm³/mol. The van der Waals surface area contributed by atoms with Gasteiger partial charge in [-0.2, -0.15) is 0 Å². The topological polar surface area (TPSA) is 53.9 Å². The molecular weight excluding hydrogens is 185 g/mol. The van der Waals surface area contributed by atoms with Gasteiger partial charge in [0.25, 0.3) is 0 Å². The van der Waals surface area contributed by atoms with Gasteiger partial charge in [-0.25, -0.2) is 4.39 Å². The maximum absolute atomic E-state index is 13.2. The highest BCUT2D eigenvalue weighted by Crippen LogP contribution is 2.15. The minimum absolute atomic E-state index is 0.0947. The minimum Gasteiger partial charge on any atom is -0.469 e. The van der Waals surface area contributed by atoms with Crippen molar-refractivity contribution in [3.05, 3.63) is 35.6 Å². The first-order valence-electron chi connectivity index (χ1n) is 4.29. The van der Waals surface area contributed by atoms with Crippen LogP contribution < -0.4 is 5.73 Å². The van der Waals surface area contributed by atoms with E-state index in [4.69, 9.17) is 0 Å². The van der Waals surface area contributed by atoms with Crippen LogP contribution in [0.5, 0.6) is 0 Å². The van der Waals surface area contributed by atoms with Gasteiger partial charge < -0.3 is 10.5 Å². The fourth-order valence-corrected chi connectivity index (χ4v) is 1.20. The molecule has 4 heteroatoms. The predicted octanol–water partition coefficient (Wildman–Crippen LogP) is 0.672. The second-order valence-electron chi connectivity index (χ2n) is 3.00. The standard InChI is InChI=1S/C10H12FNO2/c1-14-10(13)6-9(12)7-4-2-3-5-8(7)11/h2-5,9H,6,12H2,1H3/p+1/t9-/m0/s1. The van der Waals surface area contributed by atoms with Crippen LogP contribution in [0.3, 0.4) is 0 Å². The first-order valence-corrected chi connectivity index (χ1v) is 4.29. The molecule has 0 amide bonds. The van der Waals surface area contributed by atoms with Gasteiger partial charge in [0.05, 0.1) is 7.11 Å². The van der Waals surface area contributed by atoms with Crippen LogP contribution >= 0.6 is 0 Å². The number of rotatable bonds is 3. The van der Waals surface area contributed by atoms with E-state index < -0.39 is 6.04 Å². The molecule has 0 unspecified atom stereocenters. The van der Waals surface area contributed by atoms with E-state index in [0.717, 1.165) is 0 Å². The van der Waals surface area contributed by atoms with Crippen molar-refractivity contribution in [2.24, 2.45) is 0 Å². The highest BCUT2D eigenvalue weighted by atomic mass is 19.1. The lowest BCUT2D eigenvalue weighted by atomic mass is 10.0. The Morgan fingerprint density at radius 1 is 1.57 bits per heavy atom. The summed E-state index contributed by atoms with van der Waals surface area (Å²) in [5.74, 6) is -0.718. The minimum atomic E-state index is -0.399. The fourth-order valence-electron chi connectivity index (χ4n) is 1.20. The summed E-state index contributed by atoms with van der Waals surface area (Å²) in [6.07, 6.45) is 0.0947. The van der Waals surface area contributed by atoms with E-state index in [-0.39, 0.29) is 18.2 Å². The van der Waals surface area contributed by atoms with Crippen LogP contribution in [0.15, 0.2) is 24.3 Å². The summed E-state index contributed by atoms with van der Waals surface area (Å²) in [4.78, 5) is 10.9. The van der Waals surface area contributed by atoms with Crippen LogP contribution in [0, 0.1) is 5.82 Å². The summed E-state index contributed by atoms with van der Waals surface area (Å²) in [6, 6.07) is 5.89. The Balaban J connectivity index is 2.74. The SMILES string of the molecule is COC(=O)C[C@H]([NH3+])c1ccccc1F. The number of esters is 1. The van der Waals surface area contributed by atoms with Gasteiger partial charge in [-0.3, -0.25) is 4.79 Å². The second-order valence-corrected chi connectivity index (χ2v) is 3.00. The molecule has 0 spiro atoms. The average Bonchev–Trinajstić information content (AvgIpc) is 2.18. The Bertz CT molecular complexity index is 328. The van der Waals surface area contributed by atoms with Gasteiger partial charge in [-0.15, -0.1) is 0 Å². The normalized spacial score (nSPS) is 12.2. The number of halogens is 1. The van der Waals surface area contributed by atoms with Crippen molar-refractivity contribution in [3.63, 3.8) is 0 Å². The monoisotopic (exact) mass is 198 g/mol. The third kappa shape index (κ3) is 2.53. The zero-order valence-corrected chi connectivity index (χ0v) is 8.00. The largest absolute Gasteiger partial charge is 0.469 e. The van der Waals surface area contributed by atoms with Crippen LogP contribution in [0.2, 0.25) is 0 Å². The van der Waals surface area contributed by atoms with Gasteiger partial charge in [0.1, 0.15) is 18.3 Å². The molecule has 0 aliphatic carbocycles. The molecule has 1 rings (SSSR count). The van der Waals surface area contributed by atoms with Crippen LogP contribution in [0.25, 0.3) is 0 Å². The van der Waals surface area contributed by atoms with E-state index >= 15 is 0 Å². The number of benzene rings is 1. The van der Waals surface area contributed by atoms with Crippen molar-refractivity contribution in [1.82, 2.24) is 0 Å². The van der Waals surface area contributed by atoms with E-state index in [2.05, 4.69) is 10.5 Å². The highest BCUT2D eigenvalue weighted by molar-refractivity contribution is 5.69. The Hall–Kier alpha value is -1.42. The maximum atomic E-state index is 13.2. The van der Waals surface area contributed by atoms with Crippen LogP contribution in [-0.2, 0) is 9.53 Å². The van der Waals surface area contributed by atoms with E-state index in [1.165, 1.54) is 13.2 Å². The van der Waals surface area contributed by atoms with Crippen molar-refractivity contribution >= 4 is 5.97 Å². The van der Waals surface area contributed by atoms with Crippen molar-refractivity contribution in [3.8, 4) is 0 Å². The van der Waals surface area contributed by atoms with E-state index in [0.29, 0.717) is 5.56 Å². The number of ether oxygens (including phenoxy) is 1. The molecule has 76 valence electrons. The summed E-state index contributed by atoms with van der Waals surface area (Å²) < 4.78 is 17.7. The zero-order chi connectivity index (χ0) is 10.6. The van der Waals surface area contributed by atoms with Crippen molar-refractivity contribution in [2.45, 2.75) is 12.5 Å². The lowest BCUT2D eigenvalue weighted by Crippen LogP contribution is -2.54. The lowest BCUT2D eigenvalue weighted by Gasteiger charge is -2.07. The summed E-state index contributed by atoms with van der Waals surface area (Å²) in [5, 5.41) is 0. The van der Waals surface area contributed by atoms with Gasteiger partial charge in [0.2, 0.25) is 0 Å². The Labute approximate surface area is 81.7 Å². The average molecular weight is 198 g/mol. The molecule has 1 atom stereocenters. The zero-order valence-electron chi connectivity index (χ0n) is 8.00. The third-order valence-electron chi connectivity index (χ3n) is 1.99. The third-order valence-corrected chi connectivity index (χ3v) is 1.99. The molecule has 0 aliphatic rings. The molecule has 0 bridgehead atoms. The lowest BCUT2D eigenvalue weighted by molar-refractivity contribution is -0.426. The summed E-state index contributed by atoms with van der Waals surface area (Å²) in [5.41, 5.74) is 4.16. The maximum Gasteiger partial charge on any atom is 0.311 e. The molecule has 3 N–H and O–H groups in total. The van der Waals surface area contributed by atoms with Crippen LogP contribution in [0.4, 0.5) is 4.39 Å². The highest BCUT2D eigenvalue weighted by Gasteiger charge is 2.18. The number of carbonyl (C=O) groups is 1. The Morgan fingerprint density at radius 2 is 2.21 bits per heavy atom. The molecule has 0 saturated carbocycles. The Morgan fingerprint density at radius 3 is 2.79 bits per heavy atom. The summed E-state index contributed by atoms with van der Waals surface area (Å²) >= 11 is 0.